The highest BCUT2D eigenvalue weighted by molar-refractivity contribution is 8.01. The van der Waals surface area contributed by atoms with Gasteiger partial charge in [-0.1, -0.05) is 30.9 Å². The van der Waals surface area contributed by atoms with Gasteiger partial charge in [0.15, 0.2) is 11.9 Å². The summed E-state index contributed by atoms with van der Waals surface area (Å²) in [5.41, 5.74) is 1.30. The maximum atomic E-state index is 6.24. The van der Waals surface area contributed by atoms with Crippen LogP contribution in [0.1, 0.15) is 18.4 Å². The average Bonchev–Trinajstić information content (AvgIpc) is 3.17. The summed E-state index contributed by atoms with van der Waals surface area (Å²) in [4.78, 5) is 0. The Bertz CT molecular complexity index is 738. The van der Waals surface area contributed by atoms with E-state index in [1.807, 2.05) is 0 Å². The quantitative estimate of drug-likeness (QED) is 0.482. The molecule has 3 rings (SSSR count). The molecule has 1 aliphatic rings. The molecule has 1 fully saturated rings. The molecule has 0 N–H and O–H groups in total. The van der Waals surface area contributed by atoms with Crippen LogP contribution in [0.5, 0.6) is 0 Å². The SMILES string of the molecule is [B]B([B])B([B])B(B([B])[B])B1C(c2c3ccccc3cc[n+]2C)[C@@H]1C. The third-order valence-electron chi connectivity index (χ3n) is 5.64. The van der Waals surface area contributed by atoms with Gasteiger partial charge in [0.1, 0.15) is 13.7 Å². The van der Waals surface area contributed by atoms with Crippen molar-refractivity contribution in [3.63, 3.8) is 0 Å². The molecule has 1 nitrogen and oxygen atoms in total. The lowest BCUT2D eigenvalue weighted by Gasteiger charge is -2.25. The summed E-state index contributed by atoms with van der Waals surface area (Å²) < 4.78 is 2.19. The van der Waals surface area contributed by atoms with Crippen LogP contribution in [-0.2, 0) is 7.05 Å². The standard InChI is InChI=1S/C13H14B10N/c1-9-12(19(9)23(21(16)17)22(18)20(14)15)13-11-6-4-3-5-10(11)7-8-24(13)2/h3-9,12H,1-2H3/q+1/t9-,12?/m0/s1. The first-order chi connectivity index (χ1) is 11.3. The van der Waals surface area contributed by atoms with Crippen molar-refractivity contribution in [1.29, 1.82) is 0 Å². The fourth-order valence-electron chi connectivity index (χ4n) is 4.29. The van der Waals surface area contributed by atoms with Crippen molar-refractivity contribution in [3.05, 3.63) is 42.2 Å². The summed E-state index contributed by atoms with van der Waals surface area (Å²) in [5, 5.41) is 2.49. The Kier molecular flexibility index (Phi) is 5.19. The normalized spacial score (nSPS) is 19.2. The maximum Gasteiger partial charge on any atom is 0.183 e. The molecular weight excluding hydrogens is 278 g/mol. The number of fused-ring (bicyclic) bond motifs is 1. The third kappa shape index (κ3) is 3.08. The number of hydrogen-bond donors (Lipinski definition) is 0. The minimum absolute atomic E-state index is 0.107. The first-order valence-corrected chi connectivity index (χ1v) is 8.49. The van der Waals surface area contributed by atoms with Gasteiger partial charge in [0.2, 0.25) is 0 Å². The molecule has 2 aromatic rings. The monoisotopic (exact) mass is 294 g/mol. The van der Waals surface area contributed by atoms with E-state index in [-0.39, 0.29) is 13.0 Å². The van der Waals surface area contributed by atoms with E-state index in [0.717, 1.165) is 0 Å². The molecule has 2 heterocycles. The number of nitrogens with zero attached hydrogens (tertiary/aromatic N) is 1. The van der Waals surface area contributed by atoms with E-state index in [0.29, 0.717) is 11.6 Å². The molecule has 1 aromatic heterocycles. The molecule has 24 heavy (non-hydrogen) atoms. The highest BCUT2D eigenvalue weighted by atomic mass is 14.9. The van der Waals surface area contributed by atoms with E-state index in [4.69, 9.17) is 38.7 Å². The molecule has 10 radical (unpaired) electrons. The average molecular weight is 292 g/mol. The number of rotatable bonds is 5. The lowest BCUT2D eigenvalue weighted by Crippen LogP contribution is -2.64. The van der Waals surface area contributed by atoms with Crippen LogP contribution >= 0.6 is 0 Å². The van der Waals surface area contributed by atoms with Crippen molar-refractivity contribution >= 4 is 81.6 Å². The van der Waals surface area contributed by atoms with E-state index in [1.165, 1.54) is 16.5 Å². The van der Waals surface area contributed by atoms with Gasteiger partial charge in [0.05, 0.1) is 0 Å². The van der Waals surface area contributed by atoms with E-state index in [9.17, 15) is 0 Å². The molecule has 0 bridgehead atoms. The molecule has 1 aliphatic heterocycles. The summed E-state index contributed by atoms with van der Waals surface area (Å²) in [6, 6.07) is 10.6. The van der Waals surface area contributed by atoms with Crippen molar-refractivity contribution in [2.75, 3.05) is 0 Å². The zero-order valence-electron chi connectivity index (χ0n) is 14.3. The highest BCUT2D eigenvalue weighted by Crippen LogP contribution is 2.52. The maximum absolute atomic E-state index is 6.24. The Balaban J connectivity index is 2.01. The van der Waals surface area contributed by atoms with Gasteiger partial charge >= 0.3 is 0 Å². The Morgan fingerprint density at radius 3 is 2.29 bits per heavy atom. The summed E-state index contributed by atoms with van der Waals surface area (Å²) in [5.74, 6) is 0.789. The molecule has 1 saturated heterocycles. The molecule has 0 aliphatic carbocycles. The van der Waals surface area contributed by atoms with Crippen LogP contribution in [0, 0.1) is 0 Å². The number of aryl methyl sites for hydroxylation is 1. The zero-order valence-corrected chi connectivity index (χ0v) is 14.3. The largest absolute Gasteiger partial charge is 0.205 e. The number of pyridine rings is 1. The summed E-state index contributed by atoms with van der Waals surface area (Å²) in [6.07, 6.45) is 0.421. The highest BCUT2D eigenvalue weighted by Gasteiger charge is 2.60. The van der Waals surface area contributed by atoms with Gasteiger partial charge in [-0.05, 0) is 11.5 Å². The van der Waals surface area contributed by atoms with Crippen molar-refractivity contribution in [2.24, 2.45) is 7.05 Å². The molecule has 2 atom stereocenters. The molecular formula is C13H14B10N+. The van der Waals surface area contributed by atoms with Crippen LogP contribution < -0.4 is 4.57 Å². The van der Waals surface area contributed by atoms with Crippen LogP contribution in [0.3, 0.4) is 0 Å². The molecule has 11 heteroatoms. The van der Waals surface area contributed by atoms with Crippen LogP contribution in [0.2, 0.25) is 5.82 Å². The number of hydrogen-bond acceptors (Lipinski definition) is 0. The van der Waals surface area contributed by atoms with Crippen molar-refractivity contribution in [3.8, 4) is 0 Å². The lowest BCUT2D eigenvalue weighted by molar-refractivity contribution is -0.677. The van der Waals surface area contributed by atoms with Crippen LogP contribution in [0.15, 0.2) is 36.5 Å². The molecule has 0 spiro atoms. The molecule has 1 aromatic carbocycles. The lowest BCUT2D eigenvalue weighted by atomic mass is 8.57. The van der Waals surface area contributed by atoms with Gasteiger partial charge in [-0.2, -0.15) is 0 Å². The minimum Gasteiger partial charge on any atom is -0.205 e. The summed E-state index contributed by atoms with van der Waals surface area (Å²) in [6.45, 7) is 2.51. The van der Waals surface area contributed by atoms with Crippen LogP contribution in [0.25, 0.3) is 10.8 Å². The first kappa shape index (κ1) is 18.1. The Morgan fingerprint density at radius 2 is 1.67 bits per heavy atom. The topological polar surface area (TPSA) is 3.88 Å². The zero-order chi connectivity index (χ0) is 17.6. The van der Waals surface area contributed by atoms with Crippen LogP contribution in [-0.4, -0.2) is 70.8 Å². The molecule has 100 valence electrons. The molecule has 1 unspecified atom stereocenters. The predicted molar refractivity (Wildman–Crippen MR) is 115 cm³/mol. The van der Waals surface area contributed by atoms with Crippen LogP contribution in [0.4, 0.5) is 0 Å². The van der Waals surface area contributed by atoms with E-state index in [1.54, 1.807) is 0 Å². The first-order valence-electron chi connectivity index (χ1n) is 8.49. The molecule has 0 amide bonds. The number of benzene rings is 1. The fourth-order valence-corrected chi connectivity index (χ4v) is 4.29. The van der Waals surface area contributed by atoms with E-state index in [2.05, 4.69) is 55.1 Å². The Morgan fingerprint density at radius 1 is 1.00 bits per heavy atom. The van der Waals surface area contributed by atoms with Crippen molar-refractivity contribution in [2.45, 2.75) is 18.6 Å². The van der Waals surface area contributed by atoms with Gasteiger partial charge in [0, 0.05) is 81.5 Å². The Hall–Kier alpha value is -0.721. The smallest absolute Gasteiger partial charge is 0.183 e. The van der Waals surface area contributed by atoms with Crippen molar-refractivity contribution in [1.82, 2.24) is 0 Å². The Labute approximate surface area is 154 Å². The van der Waals surface area contributed by atoms with Gasteiger partial charge in [-0.25, -0.2) is 4.57 Å². The number of aromatic nitrogens is 1. The van der Waals surface area contributed by atoms with Gasteiger partial charge in [0.25, 0.3) is 0 Å². The van der Waals surface area contributed by atoms with Gasteiger partial charge in [-0.3, -0.25) is 0 Å². The van der Waals surface area contributed by atoms with Gasteiger partial charge < -0.3 is 0 Å². The third-order valence-corrected chi connectivity index (χ3v) is 5.64. The second-order valence-corrected chi connectivity index (χ2v) is 7.17. The van der Waals surface area contributed by atoms with Crippen molar-refractivity contribution < 1.29 is 4.57 Å². The predicted octanol–water partition coefficient (Wildman–Crippen LogP) is -1.20. The van der Waals surface area contributed by atoms with Gasteiger partial charge in [-0.15, -0.1) is 0 Å². The summed E-state index contributed by atoms with van der Waals surface area (Å²) >= 11 is 0. The second-order valence-electron chi connectivity index (χ2n) is 7.17. The minimum atomic E-state index is -0.626. The fraction of sp³-hybridized carbons (Fsp3) is 0.308. The van der Waals surface area contributed by atoms with E-state index < -0.39 is 19.2 Å². The van der Waals surface area contributed by atoms with E-state index >= 15 is 0 Å². The molecule has 0 saturated carbocycles. The second kappa shape index (κ2) is 6.88. The summed E-state index contributed by atoms with van der Waals surface area (Å²) in [7, 11) is 32.1.